The molecule has 12 heavy (non-hydrogen) atoms. The summed E-state index contributed by atoms with van der Waals surface area (Å²) in [5, 5.41) is 0. The van der Waals surface area contributed by atoms with Gasteiger partial charge in [-0.2, -0.15) is 0 Å². The molecule has 0 aromatic heterocycles. The molecule has 0 saturated heterocycles. The fourth-order valence-corrected chi connectivity index (χ4v) is 1.96. The Morgan fingerprint density at radius 2 is 2.42 bits per heavy atom. The number of aliphatic imine (C=N–C) groups is 1. The minimum absolute atomic E-state index is 0.0319. The summed E-state index contributed by atoms with van der Waals surface area (Å²) in [6.07, 6.45) is 5.90. The molecule has 2 aliphatic rings. The van der Waals surface area contributed by atoms with Crippen LogP contribution in [0.1, 0.15) is 6.92 Å². The lowest BCUT2D eigenvalue weighted by Crippen LogP contribution is -2.37. The van der Waals surface area contributed by atoms with Crippen molar-refractivity contribution < 1.29 is 0 Å². The first kappa shape index (κ1) is 8.11. The number of rotatable bonds is 0. The third-order valence-corrected chi connectivity index (χ3v) is 2.73. The van der Waals surface area contributed by atoms with Crippen LogP contribution in [-0.4, -0.2) is 30.6 Å². The van der Waals surface area contributed by atoms with E-state index in [0.717, 1.165) is 10.4 Å². The molecule has 2 nitrogen and oxygen atoms in total. The minimum Gasteiger partial charge on any atom is -0.325 e. The van der Waals surface area contributed by atoms with Gasteiger partial charge in [0.2, 0.25) is 0 Å². The molecule has 2 radical (unpaired) electrons. The van der Waals surface area contributed by atoms with Crippen LogP contribution in [0.25, 0.3) is 0 Å². The zero-order valence-corrected chi connectivity index (χ0v) is 8.32. The molecule has 0 amide bonds. The van der Waals surface area contributed by atoms with Gasteiger partial charge in [0.1, 0.15) is 13.7 Å². The molecule has 4 heteroatoms. The zero-order valence-electron chi connectivity index (χ0n) is 6.74. The Balaban J connectivity index is 2.37. The van der Waals surface area contributed by atoms with E-state index in [9.17, 15) is 0 Å². The molecule has 0 saturated carbocycles. The minimum atomic E-state index is -0.0319. The highest BCUT2D eigenvalue weighted by molar-refractivity contribution is 9.11. The summed E-state index contributed by atoms with van der Waals surface area (Å²) in [7, 11) is 5.93. The molecule has 2 aliphatic heterocycles. The highest BCUT2D eigenvalue weighted by Gasteiger charge is 2.30. The molecule has 0 spiro atoms. The molecule has 0 aromatic rings. The van der Waals surface area contributed by atoms with Crippen molar-refractivity contribution in [1.29, 1.82) is 0 Å². The second-order valence-corrected chi connectivity index (χ2v) is 3.75. The molecule has 0 aromatic carbocycles. The van der Waals surface area contributed by atoms with Crippen LogP contribution in [-0.2, 0) is 0 Å². The summed E-state index contributed by atoms with van der Waals surface area (Å²) >= 11 is 3.44. The summed E-state index contributed by atoms with van der Waals surface area (Å²) in [6.45, 7) is 2.02. The van der Waals surface area contributed by atoms with Gasteiger partial charge < -0.3 is 4.90 Å². The van der Waals surface area contributed by atoms with Crippen LogP contribution in [0.5, 0.6) is 0 Å². The van der Waals surface area contributed by atoms with Crippen molar-refractivity contribution in [2.45, 2.75) is 18.9 Å². The average Bonchev–Trinajstić information content (AvgIpc) is 2.29. The summed E-state index contributed by atoms with van der Waals surface area (Å²) < 4.78 is 0.987. The number of allylic oxidation sites excluding steroid dienone is 2. The molecule has 2 rings (SSSR count). The van der Waals surface area contributed by atoms with Gasteiger partial charge in [-0.3, -0.25) is 4.99 Å². The van der Waals surface area contributed by atoms with Gasteiger partial charge in [-0.1, -0.05) is 6.08 Å². The van der Waals surface area contributed by atoms with E-state index >= 15 is 0 Å². The van der Waals surface area contributed by atoms with Crippen LogP contribution >= 0.6 is 15.9 Å². The van der Waals surface area contributed by atoms with E-state index in [2.05, 4.69) is 20.9 Å². The number of halogens is 1. The first-order valence-electron chi connectivity index (χ1n) is 3.86. The van der Waals surface area contributed by atoms with Crippen LogP contribution in [0.15, 0.2) is 27.8 Å². The lowest BCUT2D eigenvalue weighted by atomic mass is 9.90. The highest BCUT2D eigenvalue weighted by Crippen LogP contribution is 2.27. The molecule has 0 N–H and O–H groups in total. The quantitative estimate of drug-likeness (QED) is 0.447. The maximum Gasteiger partial charge on any atom is 0.128 e. The fraction of sp³-hybridized carbons (Fsp3) is 0.375. The number of hydrogen-bond donors (Lipinski definition) is 0. The van der Waals surface area contributed by atoms with Crippen LogP contribution in [0.2, 0.25) is 0 Å². The Labute approximate surface area is 81.6 Å². The molecular weight excluding hydrogens is 215 g/mol. The van der Waals surface area contributed by atoms with Crippen LogP contribution in [0, 0.1) is 0 Å². The van der Waals surface area contributed by atoms with E-state index in [1.165, 1.54) is 0 Å². The lowest BCUT2D eigenvalue weighted by molar-refractivity contribution is 0.497. The molecule has 2 unspecified atom stereocenters. The van der Waals surface area contributed by atoms with Gasteiger partial charge in [-0.15, -0.1) is 0 Å². The molecule has 60 valence electrons. The summed E-state index contributed by atoms with van der Waals surface area (Å²) in [4.78, 5) is 6.39. The largest absolute Gasteiger partial charge is 0.325 e. The summed E-state index contributed by atoms with van der Waals surface area (Å²) in [5.41, 5.74) is 0. The normalized spacial score (nSPS) is 33.0. The molecular formula is C8H8BBrN2. The lowest BCUT2D eigenvalue weighted by Gasteiger charge is -2.27. The van der Waals surface area contributed by atoms with E-state index in [1.807, 2.05) is 30.1 Å². The Morgan fingerprint density at radius 3 is 3.08 bits per heavy atom. The Morgan fingerprint density at radius 1 is 1.67 bits per heavy atom. The van der Waals surface area contributed by atoms with Gasteiger partial charge in [-0.25, -0.2) is 0 Å². The summed E-state index contributed by atoms with van der Waals surface area (Å²) in [5.74, 6) is 0.917. The van der Waals surface area contributed by atoms with Crippen molar-refractivity contribution in [3.8, 4) is 0 Å². The number of nitrogens with zero attached hydrogens (tertiary/aromatic N) is 2. The molecule has 0 aliphatic carbocycles. The fourth-order valence-electron chi connectivity index (χ4n) is 1.38. The van der Waals surface area contributed by atoms with Crippen molar-refractivity contribution in [3.05, 3.63) is 22.8 Å². The number of fused-ring (bicyclic) bond motifs is 1. The smallest absolute Gasteiger partial charge is 0.128 e. The molecule has 0 bridgehead atoms. The van der Waals surface area contributed by atoms with Gasteiger partial charge in [0, 0.05) is 5.94 Å². The first-order chi connectivity index (χ1) is 5.70. The van der Waals surface area contributed by atoms with Crippen LogP contribution in [0.3, 0.4) is 0 Å². The number of amidine groups is 1. The van der Waals surface area contributed by atoms with Crippen molar-refractivity contribution >= 4 is 29.6 Å². The van der Waals surface area contributed by atoms with Crippen molar-refractivity contribution in [1.82, 2.24) is 4.90 Å². The van der Waals surface area contributed by atoms with E-state index in [4.69, 9.17) is 7.85 Å². The SMILES string of the molecule is [B]C1C(C)N=C2C=CC=C(Br)N21. The molecule has 0 fully saturated rings. The first-order valence-corrected chi connectivity index (χ1v) is 4.66. The third kappa shape index (κ3) is 1.05. The van der Waals surface area contributed by atoms with E-state index < -0.39 is 0 Å². The number of hydrogen-bond acceptors (Lipinski definition) is 2. The Kier molecular flexibility index (Phi) is 1.87. The van der Waals surface area contributed by atoms with Gasteiger partial charge in [-0.05, 0) is 35.0 Å². The monoisotopic (exact) mass is 222 g/mol. The predicted molar refractivity (Wildman–Crippen MR) is 54.4 cm³/mol. The second-order valence-electron chi connectivity index (χ2n) is 2.94. The van der Waals surface area contributed by atoms with Crippen molar-refractivity contribution in [2.75, 3.05) is 0 Å². The predicted octanol–water partition coefficient (Wildman–Crippen LogP) is 1.39. The Bertz CT molecular complexity index is 295. The third-order valence-electron chi connectivity index (χ3n) is 2.08. The van der Waals surface area contributed by atoms with Gasteiger partial charge >= 0.3 is 0 Å². The van der Waals surface area contributed by atoms with Crippen molar-refractivity contribution in [2.24, 2.45) is 4.99 Å². The van der Waals surface area contributed by atoms with E-state index in [1.54, 1.807) is 0 Å². The molecule has 2 heterocycles. The van der Waals surface area contributed by atoms with Crippen LogP contribution < -0.4 is 0 Å². The standard InChI is InChI=1S/C8H8BBrN2/c1-5-8(9)12-6(10)3-2-4-7(12)11-5/h2-5,8H,1H3. The summed E-state index contributed by atoms with van der Waals surface area (Å²) in [6, 6.07) is 0.170. The second kappa shape index (κ2) is 2.77. The maximum absolute atomic E-state index is 5.93. The topological polar surface area (TPSA) is 15.6 Å². The Hall–Kier alpha value is -0.505. The van der Waals surface area contributed by atoms with Gasteiger partial charge in [0.05, 0.1) is 10.6 Å². The van der Waals surface area contributed by atoms with Crippen LogP contribution in [0.4, 0.5) is 0 Å². The molecule has 2 atom stereocenters. The van der Waals surface area contributed by atoms with Gasteiger partial charge in [0.25, 0.3) is 0 Å². The zero-order chi connectivity index (χ0) is 8.72. The van der Waals surface area contributed by atoms with E-state index in [-0.39, 0.29) is 12.0 Å². The maximum atomic E-state index is 5.93. The average molecular weight is 223 g/mol. The van der Waals surface area contributed by atoms with E-state index in [0.29, 0.717) is 0 Å². The highest BCUT2D eigenvalue weighted by atomic mass is 79.9. The van der Waals surface area contributed by atoms with Crippen molar-refractivity contribution in [3.63, 3.8) is 0 Å². The van der Waals surface area contributed by atoms with Gasteiger partial charge in [0.15, 0.2) is 0 Å².